The van der Waals surface area contributed by atoms with Gasteiger partial charge in [0.2, 0.25) is 5.88 Å². The zero-order valence-electron chi connectivity index (χ0n) is 8.94. The quantitative estimate of drug-likeness (QED) is 0.785. The molecular formula is C12H10ClFN2O. The molecule has 17 heavy (non-hydrogen) atoms. The number of aromatic nitrogens is 2. The van der Waals surface area contributed by atoms with Gasteiger partial charge in [0.1, 0.15) is 12.4 Å². The van der Waals surface area contributed by atoms with Crippen LogP contribution in [0.1, 0.15) is 11.3 Å². The van der Waals surface area contributed by atoms with Crippen molar-refractivity contribution in [2.75, 3.05) is 0 Å². The van der Waals surface area contributed by atoms with Crippen molar-refractivity contribution >= 4 is 11.6 Å². The normalized spacial score (nSPS) is 10.2. The molecule has 3 nitrogen and oxygen atoms in total. The van der Waals surface area contributed by atoms with E-state index in [9.17, 15) is 4.39 Å². The summed E-state index contributed by atoms with van der Waals surface area (Å²) in [5, 5.41) is 7.65. The minimum atomic E-state index is -0.294. The molecule has 2 aromatic rings. The molecule has 1 heterocycles. The highest BCUT2D eigenvalue weighted by Gasteiger charge is 2.03. The highest BCUT2D eigenvalue weighted by Crippen LogP contribution is 2.11. The lowest BCUT2D eigenvalue weighted by Gasteiger charge is -2.05. The molecule has 0 fully saturated rings. The van der Waals surface area contributed by atoms with Crippen molar-refractivity contribution in [2.45, 2.75) is 12.5 Å². The molecule has 0 atom stereocenters. The highest BCUT2D eigenvalue weighted by atomic mass is 35.5. The first-order chi connectivity index (χ1) is 8.29. The van der Waals surface area contributed by atoms with Crippen LogP contribution in [0, 0.1) is 5.82 Å². The van der Waals surface area contributed by atoms with E-state index in [2.05, 4.69) is 10.2 Å². The van der Waals surface area contributed by atoms with Crippen LogP contribution >= 0.6 is 11.6 Å². The van der Waals surface area contributed by atoms with E-state index in [0.717, 1.165) is 0 Å². The molecule has 0 amide bonds. The van der Waals surface area contributed by atoms with Crippen LogP contribution < -0.4 is 4.74 Å². The highest BCUT2D eigenvalue weighted by molar-refractivity contribution is 6.16. The maximum absolute atomic E-state index is 13.3. The van der Waals surface area contributed by atoms with Crippen LogP contribution in [-0.2, 0) is 12.5 Å². The Bertz CT molecular complexity index is 490. The van der Waals surface area contributed by atoms with Crippen molar-refractivity contribution in [1.29, 1.82) is 0 Å². The fraction of sp³-hybridized carbons (Fsp3) is 0.167. The topological polar surface area (TPSA) is 35.0 Å². The van der Waals surface area contributed by atoms with Gasteiger partial charge in [-0.1, -0.05) is 18.2 Å². The van der Waals surface area contributed by atoms with Crippen LogP contribution in [0.2, 0.25) is 0 Å². The van der Waals surface area contributed by atoms with Gasteiger partial charge in [-0.3, -0.25) is 0 Å². The van der Waals surface area contributed by atoms with Gasteiger partial charge in [-0.05, 0) is 12.1 Å². The lowest BCUT2D eigenvalue weighted by Crippen LogP contribution is -2.01. The summed E-state index contributed by atoms with van der Waals surface area (Å²) in [7, 11) is 0. The molecule has 0 N–H and O–H groups in total. The SMILES string of the molecule is Fc1ccccc1COc1ccc(CCl)nn1. The molecule has 0 aliphatic heterocycles. The summed E-state index contributed by atoms with van der Waals surface area (Å²) in [5.74, 6) is 0.362. The van der Waals surface area contributed by atoms with E-state index in [1.165, 1.54) is 6.07 Å². The van der Waals surface area contributed by atoms with E-state index in [4.69, 9.17) is 16.3 Å². The van der Waals surface area contributed by atoms with Crippen molar-refractivity contribution in [3.05, 3.63) is 53.5 Å². The van der Waals surface area contributed by atoms with Crippen LogP contribution in [0.4, 0.5) is 4.39 Å². The average molecular weight is 253 g/mol. The molecule has 0 saturated carbocycles. The Hall–Kier alpha value is -1.68. The van der Waals surface area contributed by atoms with E-state index in [0.29, 0.717) is 23.0 Å². The third-order valence-corrected chi connectivity index (χ3v) is 2.44. The Balaban J connectivity index is 2.00. The summed E-state index contributed by atoms with van der Waals surface area (Å²) >= 11 is 5.58. The first-order valence-corrected chi connectivity index (χ1v) is 5.58. The van der Waals surface area contributed by atoms with Crippen molar-refractivity contribution in [3.8, 4) is 5.88 Å². The smallest absolute Gasteiger partial charge is 0.233 e. The largest absolute Gasteiger partial charge is 0.472 e. The molecule has 0 aliphatic carbocycles. The van der Waals surface area contributed by atoms with Crippen LogP contribution in [0.25, 0.3) is 0 Å². The second-order valence-corrected chi connectivity index (χ2v) is 3.64. The Labute approximate surface area is 103 Å². The third kappa shape index (κ3) is 3.14. The van der Waals surface area contributed by atoms with E-state index in [-0.39, 0.29) is 12.4 Å². The van der Waals surface area contributed by atoms with E-state index in [1.807, 2.05) is 0 Å². The number of ether oxygens (including phenoxy) is 1. The van der Waals surface area contributed by atoms with E-state index < -0.39 is 0 Å². The number of nitrogens with zero attached hydrogens (tertiary/aromatic N) is 2. The molecule has 5 heteroatoms. The minimum Gasteiger partial charge on any atom is -0.472 e. The molecule has 1 aromatic heterocycles. The van der Waals surface area contributed by atoms with Gasteiger partial charge in [-0.25, -0.2) is 4.39 Å². The molecule has 0 spiro atoms. The van der Waals surface area contributed by atoms with Crippen LogP contribution in [0.5, 0.6) is 5.88 Å². The van der Waals surface area contributed by atoms with Crippen molar-refractivity contribution in [2.24, 2.45) is 0 Å². The first kappa shape index (κ1) is 11.8. The Morgan fingerprint density at radius 2 is 1.94 bits per heavy atom. The van der Waals surface area contributed by atoms with Gasteiger partial charge in [0, 0.05) is 11.6 Å². The summed E-state index contributed by atoms with van der Waals surface area (Å²) in [6.45, 7) is 0.127. The van der Waals surface area contributed by atoms with Gasteiger partial charge in [0.15, 0.2) is 0 Å². The number of hydrogen-bond acceptors (Lipinski definition) is 3. The molecule has 0 bridgehead atoms. The molecule has 0 unspecified atom stereocenters. The molecule has 0 saturated heterocycles. The lowest BCUT2D eigenvalue weighted by atomic mass is 10.2. The summed E-state index contributed by atoms with van der Waals surface area (Å²) in [4.78, 5) is 0. The monoisotopic (exact) mass is 252 g/mol. The van der Waals surface area contributed by atoms with Gasteiger partial charge in [0.05, 0.1) is 11.6 Å². The molecule has 0 aliphatic rings. The number of hydrogen-bond donors (Lipinski definition) is 0. The Morgan fingerprint density at radius 3 is 2.59 bits per heavy atom. The van der Waals surface area contributed by atoms with Gasteiger partial charge < -0.3 is 4.74 Å². The van der Waals surface area contributed by atoms with E-state index >= 15 is 0 Å². The van der Waals surface area contributed by atoms with Gasteiger partial charge in [0.25, 0.3) is 0 Å². The molecule has 2 rings (SSSR count). The fourth-order valence-electron chi connectivity index (χ4n) is 1.26. The zero-order chi connectivity index (χ0) is 12.1. The predicted molar refractivity (Wildman–Crippen MR) is 62.3 cm³/mol. The summed E-state index contributed by atoms with van der Waals surface area (Å²) < 4.78 is 18.6. The summed E-state index contributed by atoms with van der Waals surface area (Å²) in [5.41, 5.74) is 1.15. The van der Waals surface area contributed by atoms with Crippen LogP contribution in [0.15, 0.2) is 36.4 Å². The average Bonchev–Trinajstić information content (AvgIpc) is 2.38. The van der Waals surface area contributed by atoms with Crippen LogP contribution in [-0.4, -0.2) is 10.2 Å². The van der Waals surface area contributed by atoms with Crippen molar-refractivity contribution in [3.63, 3.8) is 0 Å². The van der Waals surface area contributed by atoms with Crippen molar-refractivity contribution in [1.82, 2.24) is 10.2 Å². The zero-order valence-corrected chi connectivity index (χ0v) is 9.69. The van der Waals surface area contributed by atoms with Crippen LogP contribution in [0.3, 0.4) is 0 Å². The van der Waals surface area contributed by atoms with Gasteiger partial charge >= 0.3 is 0 Å². The van der Waals surface area contributed by atoms with Crippen molar-refractivity contribution < 1.29 is 9.13 Å². The number of benzene rings is 1. The van der Waals surface area contributed by atoms with Gasteiger partial charge in [-0.15, -0.1) is 16.7 Å². The molecular weight excluding hydrogens is 243 g/mol. The summed E-state index contributed by atoms with van der Waals surface area (Å²) in [6.07, 6.45) is 0. The Morgan fingerprint density at radius 1 is 1.12 bits per heavy atom. The maximum atomic E-state index is 13.3. The summed E-state index contributed by atoms with van der Waals surface area (Å²) in [6, 6.07) is 9.82. The minimum absolute atomic E-state index is 0.127. The molecule has 1 aromatic carbocycles. The number of halogens is 2. The van der Waals surface area contributed by atoms with E-state index in [1.54, 1.807) is 30.3 Å². The predicted octanol–water partition coefficient (Wildman–Crippen LogP) is 2.93. The second kappa shape index (κ2) is 5.59. The standard InChI is InChI=1S/C12H10ClFN2O/c13-7-10-5-6-12(16-15-10)17-8-9-3-1-2-4-11(9)14/h1-6H,7-8H2. The number of rotatable bonds is 4. The Kier molecular flexibility index (Phi) is 3.88. The molecule has 88 valence electrons. The van der Waals surface area contributed by atoms with Gasteiger partial charge in [-0.2, -0.15) is 5.10 Å². The number of alkyl halides is 1. The second-order valence-electron chi connectivity index (χ2n) is 3.38. The maximum Gasteiger partial charge on any atom is 0.233 e. The third-order valence-electron chi connectivity index (χ3n) is 2.17. The first-order valence-electron chi connectivity index (χ1n) is 5.04. The lowest BCUT2D eigenvalue weighted by molar-refractivity contribution is 0.284. The molecule has 0 radical (unpaired) electrons. The fourth-order valence-corrected chi connectivity index (χ4v) is 1.41.